The zero-order valence-corrected chi connectivity index (χ0v) is 16.8. The van der Waals surface area contributed by atoms with Gasteiger partial charge in [-0.25, -0.2) is 4.79 Å². The SMILES string of the molecule is COc1cccc(CNC(=O)c2ccc3oc(=O)n(Cc4ccc(C)cc4)c3c2)c1. The number of oxazole rings is 1. The van der Waals surface area contributed by atoms with Crippen LogP contribution in [0.4, 0.5) is 0 Å². The Balaban J connectivity index is 1.56. The summed E-state index contributed by atoms with van der Waals surface area (Å²) in [6, 6.07) is 20.5. The van der Waals surface area contributed by atoms with Gasteiger partial charge in [-0.05, 0) is 48.4 Å². The lowest BCUT2D eigenvalue weighted by atomic mass is 10.1. The van der Waals surface area contributed by atoms with Gasteiger partial charge in [0.05, 0.1) is 19.2 Å². The van der Waals surface area contributed by atoms with Crippen LogP contribution in [0.1, 0.15) is 27.0 Å². The molecule has 0 aliphatic carbocycles. The maximum Gasteiger partial charge on any atom is 0.420 e. The molecule has 0 unspecified atom stereocenters. The number of rotatable bonds is 6. The van der Waals surface area contributed by atoms with Gasteiger partial charge in [-0.2, -0.15) is 0 Å². The van der Waals surface area contributed by atoms with Crippen molar-refractivity contribution in [3.05, 3.63) is 99.5 Å². The van der Waals surface area contributed by atoms with Crippen LogP contribution >= 0.6 is 0 Å². The second-order valence-electron chi connectivity index (χ2n) is 7.16. The molecular weight excluding hydrogens is 380 g/mol. The van der Waals surface area contributed by atoms with Crippen molar-refractivity contribution in [3.63, 3.8) is 0 Å². The van der Waals surface area contributed by atoms with E-state index >= 15 is 0 Å². The fourth-order valence-electron chi connectivity index (χ4n) is 3.30. The van der Waals surface area contributed by atoms with E-state index in [0.717, 1.165) is 22.4 Å². The molecule has 0 spiro atoms. The van der Waals surface area contributed by atoms with Gasteiger partial charge in [0.1, 0.15) is 5.75 Å². The first-order chi connectivity index (χ1) is 14.5. The topological polar surface area (TPSA) is 73.5 Å². The highest BCUT2D eigenvalue weighted by Crippen LogP contribution is 2.18. The molecule has 0 bridgehead atoms. The largest absolute Gasteiger partial charge is 0.497 e. The molecule has 6 heteroatoms. The molecule has 1 amide bonds. The van der Waals surface area contributed by atoms with Gasteiger partial charge in [-0.3, -0.25) is 9.36 Å². The summed E-state index contributed by atoms with van der Waals surface area (Å²) in [6.07, 6.45) is 0. The number of nitrogens with one attached hydrogen (secondary N) is 1. The molecular formula is C24H22N2O4. The molecule has 1 heterocycles. The second-order valence-corrected chi connectivity index (χ2v) is 7.16. The molecule has 0 aliphatic rings. The predicted molar refractivity (Wildman–Crippen MR) is 115 cm³/mol. The molecule has 0 saturated heterocycles. The summed E-state index contributed by atoms with van der Waals surface area (Å²) in [5.41, 5.74) is 4.58. The van der Waals surface area contributed by atoms with Crippen molar-refractivity contribution in [1.82, 2.24) is 9.88 Å². The molecule has 0 saturated carbocycles. The lowest BCUT2D eigenvalue weighted by Crippen LogP contribution is -2.23. The van der Waals surface area contributed by atoms with Crippen LogP contribution in [-0.4, -0.2) is 17.6 Å². The maximum absolute atomic E-state index is 12.7. The van der Waals surface area contributed by atoms with Gasteiger partial charge < -0.3 is 14.5 Å². The zero-order chi connectivity index (χ0) is 21.1. The van der Waals surface area contributed by atoms with Crippen molar-refractivity contribution >= 4 is 17.0 Å². The first-order valence-electron chi connectivity index (χ1n) is 9.63. The Morgan fingerprint density at radius 1 is 1.03 bits per heavy atom. The Labute approximate surface area is 173 Å². The van der Waals surface area contributed by atoms with E-state index in [1.807, 2.05) is 55.5 Å². The van der Waals surface area contributed by atoms with E-state index < -0.39 is 5.76 Å². The van der Waals surface area contributed by atoms with Crippen molar-refractivity contribution in [1.29, 1.82) is 0 Å². The van der Waals surface area contributed by atoms with Crippen LogP contribution in [0, 0.1) is 6.92 Å². The Morgan fingerprint density at radius 3 is 2.60 bits per heavy atom. The van der Waals surface area contributed by atoms with E-state index in [-0.39, 0.29) is 5.91 Å². The third-order valence-electron chi connectivity index (χ3n) is 4.98. The van der Waals surface area contributed by atoms with Crippen molar-refractivity contribution in [2.75, 3.05) is 7.11 Å². The molecule has 6 nitrogen and oxygen atoms in total. The average Bonchev–Trinajstić information content (AvgIpc) is 3.08. The summed E-state index contributed by atoms with van der Waals surface area (Å²) in [5, 5.41) is 2.90. The van der Waals surface area contributed by atoms with E-state index in [0.29, 0.717) is 29.8 Å². The number of fused-ring (bicyclic) bond motifs is 1. The standard InChI is InChI=1S/C24H22N2O4/c1-16-6-8-17(9-7-16)15-26-21-13-19(10-11-22(21)30-24(26)28)23(27)25-14-18-4-3-5-20(12-18)29-2/h3-13H,14-15H2,1-2H3,(H,25,27). The van der Waals surface area contributed by atoms with E-state index in [1.165, 1.54) is 0 Å². The summed E-state index contributed by atoms with van der Waals surface area (Å²) >= 11 is 0. The Bertz CT molecular complexity index is 1250. The average molecular weight is 402 g/mol. The van der Waals surface area contributed by atoms with E-state index in [2.05, 4.69) is 5.32 Å². The van der Waals surface area contributed by atoms with Gasteiger partial charge in [0.25, 0.3) is 5.91 Å². The van der Waals surface area contributed by atoms with Gasteiger partial charge in [-0.15, -0.1) is 0 Å². The second kappa shape index (κ2) is 8.29. The highest BCUT2D eigenvalue weighted by Gasteiger charge is 2.13. The first kappa shape index (κ1) is 19.5. The number of hydrogen-bond acceptors (Lipinski definition) is 4. The van der Waals surface area contributed by atoms with Gasteiger partial charge in [-0.1, -0.05) is 42.0 Å². The number of carbonyl (C=O) groups is 1. The van der Waals surface area contributed by atoms with Crippen LogP contribution in [0.3, 0.4) is 0 Å². The molecule has 4 aromatic rings. The van der Waals surface area contributed by atoms with Crippen LogP contribution in [0.25, 0.3) is 11.1 Å². The fourth-order valence-corrected chi connectivity index (χ4v) is 3.30. The highest BCUT2D eigenvalue weighted by atomic mass is 16.5. The van der Waals surface area contributed by atoms with E-state index in [9.17, 15) is 9.59 Å². The Morgan fingerprint density at radius 2 is 1.83 bits per heavy atom. The molecule has 3 aromatic carbocycles. The van der Waals surface area contributed by atoms with Crippen LogP contribution < -0.4 is 15.8 Å². The molecule has 4 rings (SSSR count). The number of amides is 1. The third-order valence-corrected chi connectivity index (χ3v) is 4.98. The predicted octanol–water partition coefficient (Wildman–Crippen LogP) is 3.89. The number of benzene rings is 3. The number of aromatic nitrogens is 1. The number of methoxy groups -OCH3 is 1. The van der Waals surface area contributed by atoms with Crippen molar-refractivity contribution in [3.8, 4) is 5.75 Å². The molecule has 0 fully saturated rings. The number of ether oxygens (including phenoxy) is 1. The minimum absolute atomic E-state index is 0.227. The molecule has 152 valence electrons. The van der Waals surface area contributed by atoms with Crippen LogP contribution in [-0.2, 0) is 13.1 Å². The monoisotopic (exact) mass is 402 g/mol. The summed E-state index contributed by atoms with van der Waals surface area (Å²) in [7, 11) is 1.61. The fraction of sp³-hybridized carbons (Fsp3) is 0.167. The van der Waals surface area contributed by atoms with Crippen LogP contribution in [0.5, 0.6) is 5.75 Å². The van der Waals surface area contributed by atoms with E-state index in [4.69, 9.17) is 9.15 Å². The molecule has 1 N–H and O–H groups in total. The number of carbonyl (C=O) groups excluding carboxylic acids is 1. The van der Waals surface area contributed by atoms with Crippen molar-refractivity contribution in [2.24, 2.45) is 0 Å². The molecule has 1 aromatic heterocycles. The lowest BCUT2D eigenvalue weighted by molar-refractivity contribution is 0.0951. The Hall–Kier alpha value is -3.80. The maximum atomic E-state index is 12.7. The highest BCUT2D eigenvalue weighted by molar-refractivity contribution is 5.97. The normalized spacial score (nSPS) is 10.9. The molecule has 0 aliphatic heterocycles. The van der Waals surface area contributed by atoms with Gasteiger partial charge in [0, 0.05) is 12.1 Å². The number of hydrogen-bond donors (Lipinski definition) is 1. The van der Waals surface area contributed by atoms with Gasteiger partial charge >= 0.3 is 5.76 Å². The minimum atomic E-state index is -0.445. The first-order valence-corrected chi connectivity index (χ1v) is 9.63. The zero-order valence-electron chi connectivity index (χ0n) is 16.8. The summed E-state index contributed by atoms with van der Waals surface area (Å²) in [4.78, 5) is 25.0. The quantitative estimate of drug-likeness (QED) is 0.531. The summed E-state index contributed by atoms with van der Waals surface area (Å²) in [5.74, 6) is 0.0662. The lowest BCUT2D eigenvalue weighted by Gasteiger charge is -2.08. The molecule has 0 radical (unpaired) electrons. The summed E-state index contributed by atoms with van der Waals surface area (Å²) < 4.78 is 12.1. The van der Waals surface area contributed by atoms with Crippen molar-refractivity contribution < 1.29 is 13.9 Å². The number of aryl methyl sites for hydroxylation is 1. The van der Waals surface area contributed by atoms with Crippen LogP contribution in [0.15, 0.2) is 75.9 Å². The Kier molecular flexibility index (Phi) is 5.39. The summed E-state index contributed by atoms with van der Waals surface area (Å²) in [6.45, 7) is 2.76. The van der Waals surface area contributed by atoms with Crippen molar-refractivity contribution in [2.45, 2.75) is 20.0 Å². The van der Waals surface area contributed by atoms with E-state index in [1.54, 1.807) is 29.9 Å². The smallest absolute Gasteiger partial charge is 0.420 e. The molecule has 30 heavy (non-hydrogen) atoms. The number of nitrogens with zero attached hydrogens (tertiary/aromatic N) is 1. The minimum Gasteiger partial charge on any atom is -0.497 e. The van der Waals surface area contributed by atoms with Gasteiger partial charge in [0.15, 0.2) is 5.58 Å². The van der Waals surface area contributed by atoms with Gasteiger partial charge in [0.2, 0.25) is 0 Å². The van der Waals surface area contributed by atoms with Crippen LogP contribution in [0.2, 0.25) is 0 Å². The molecule has 0 atom stereocenters. The third kappa shape index (κ3) is 4.12.